The van der Waals surface area contributed by atoms with Crippen molar-refractivity contribution in [3.8, 4) is 0 Å². The van der Waals surface area contributed by atoms with Gasteiger partial charge in [-0.25, -0.2) is 0 Å². The summed E-state index contributed by atoms with van der Waals surface area (Å²) in [5, 5.41) is -0.541. The molecular formula is C8H9Br2ClF2O. The highest BCUT2D eigenvalue weighted by Crippen LogP contribution is 2.64. The van der Waals surface area contributed by atoms with E-state index in [0.29, 0.717) is 0 Å². The molecule has 82 valence electrons. The van der Waals surface area contributed by atoms with Gasteiger partial charge in [0.25, 0.3) is 0 Å². The van der Waals surface area contributed by atoms with Gasteiger partial charge in [-0.05, 0) is 38.9 Å². The van der Waals surface area contributed by atoms with E-state index in [0.717, 1.165) is 0 Å². The summed E-state index contributed by atoms with van der Waals surface area (Å²) in [5.74, 6) is -0.918. The van der Waals surface area contributed by atoms with Crippen molar-refractivity contribution in [3.05, 3.63) is 0 Å². The lowest BCUT2D eigenvalue weighted by Crippen LogP contribution is -2.25. The van der Waals surface area contributed by atoms with Crippen LogP contribution in [0.4, 0.5) is 8.78 Å². The van der Waals surface area contributed by atoms with Gasteiger partial charge in [-0.2, -0.15) is 8.78 Å². The molecule has 0 aromatic carbocycles. The summed E-state index contributed by atoms with van der Waals surface area (Å²) in [4.78, 5) is 6.86. The van der Waals surface area contributed by atoms with Gasteiger partial charge in [-0.3, -0.25) is 4.79 Å². The summed E-state index contributed by atoms with van der Waals surface area (Å²) in [5.41, 5.74) is -0.454. The zero-order valence-electron chi connectivity index (χ0n) is 7.53. The molecule has 1 rings (SSSR count). The standard InChI is InChI=1S/C8H9Br2ClF2O/c1-7(2)3(4(7)6(11)14)5(9)8(10,12)13/h3-5H,1-2H3/t3-,4-,5?/m0/s1. The average Bonchev–Trinajstić information content (AvgIpc) is 2.49. The van der Waals surface area contributed by atoms with Crippen LogP contribution in [0.5, 0.6) is 0 Å². The summed E-state index contributed by atoms with van der Waals surface area (Å²) in [6.45, 7) is 3.52. The highest BCUT2D eigenvalue weighted by Gasteiger charge is 2.67. The van der Waals surface area contributed by atoms with Gasteiger partial charge >= 0.3 is 4.83 Å². The molecule has 1 fully saturated rings. The first-order valence-electron chi connectivity index (χ1n) is 4.00. The molecular weight excluding hydrogens is 345 g/mol. The molecule has 14 heavy (non-hydrogen) atoms. The van der Waals surface area contributed by atoms with Crippen molar-refractivity contribution in [1.82, 2.24) is 0 Å². The molecule has 0 bridgehead atoms. The van der Waals surface area contributed by atoms with Crippen LogP contribution in [0.3, 0.4) is 0 Å². The summed E-state index contributed by atoms with van der Waals surface area (Å²) in [6.07, 6.45) is 0. The van der Waals surface area contributed by atoms with E-state index in [2.05, 4.69) is 31.9 Å². The van der Waals surface area contributed by atoms with Gasteiger partial charge in [0.15, 0.2) is 0 Å². The minimum Gasteiger partial charge on any atom is -0.281 e. The van der Waals surface area contributed by atoms with E-state index in [4.69, 9.17) is 11.6 Å². The Morgan fingerprint density at radius 3 is 2.21 bits per heavy atom. The van der Waals surface area contributed by atoms with Crippen LogP contribution in [0.2, 0.25) is 0 Å². The van der Waals surface area contributed by atoms with E-state index in [1.807, 2.05) is 0 Å². The van der Waals surface area contributed by atoms with Crippen molar-refractivity contribution >= 4 is 48.7 Å². The van der Waals surface area contributed by atoms with Gasteiger partial charge in [0.1, 0.15) is 0 Å². The number of halogens is 5. The average molecular weight is 354 g/mol. The fourth-order valence-electron chi connectivity index (χ4n) is 1.86. The van der Waals surface area contributed by atoms with E-state index in [-0.39, 0.29) is 0 Å². The van der Waals surface area contributed by atoms with Gasteiger partial charge < -0.3 is 0 Å². The van der Waals surface area contributed by atoms with Crippen LogP contribution in [0, 0.1) is 17.3 Å². The molecule has 0 aromatic heterocycles. The van der Waals surface area contributed by atoms with Crippen LogP contribution in [-0.2, 0) is 4.79 Å². The zero-order valence-corrected chi connectivity index (χ0v) is 11.5. The highest BCUT2D eigenvalue weighted by atomic mass is 79.9. The van der Waals surface area contributed by atoms with Crippen LogP contribution in [0.15, 0.2) is 0 Å². The highest BCUT2D eigenvalue weighted by molar-refractivity contribution is 9.12. The molecule has 3 atom stereocenters. The van der Waals surface area contributed by atoms with Gasteiger partial charge in [0.2, 0.25) is 5.24 Å². The van der Waals surface area contributed by atoms with Crippen molar-refractivity contribution < 1.29 is 13.6 Å². The Morgan fingerprint density at radius 2 is 2.00 bits per heavy atom. The largest absolute Gasteiger partial charge is 0.313 e. The summed E-state index contributed by atoms with van der Waals surface area (Å²) >= 11 is 10.5. The van der Waals surface area contributed by atoms with Gasteiger partial charge in [-0.1, -0.05) is 29.8 Å². The second-order valence-electron chi connectivity index (χ2n) is 4.07. The molecule has 1 unspecified atom stereocenters. The quantitative estimate of drug-likeness (QED) is 0.557. The second-order valence-corrected chi connectivity index (χ2v) is 6.49. The molecule has 1 aliphatic rings. The Bertz CT molecular complexity index is 265. The number of carbonyl (C=O) groups is 1. The van der Waals surface area contributed by atoms with Gasteiger partial charge in [0, 0.05) is 5.92 Å². The number of carbonyl (C=O) groups excluding carboxylic acids is 1. The van der Waals surface area contributed by atoms with Crippen LogP contribution >= 0.6 is 43.5 Å². The number of rotatable bonds is 3. The zero-order chi connectivity index (χ0) is 11.3. The van der Waals surface area contributed by atoms with E-state index in [1.165, 1.54) is 0 Å². The molecule has 0 aliphatic heterocycles. The van der Waals surface area contributed by atoms with E-state index in [1.54, 1.807) is 13.8 Å². The predicted octanol–water partition coefficient (Wildman–Crippen LogP) is 3.78. The number of hydrogen-bond acceptors (Lipinski definition) is 1. The van der Waals surface area contributed by atoms with Gasteiger partial charge in [0.05, 0.1) is 4.83 Å². The Hall–Kier alpha value is 0.780. The Labute approximate surface area is 103 Å². The molecule has 1 nitrogen and oxygen atoms in total. The predicted molar refractivity (Wildman–Crippen MR) is 58.2 cm³/mol. The molecule has 6 heteroatoms. The third kappa shape index (κ3) is 2.14. The molecule has 0 radical (unpaired) electrons. The molecule has 0 spiro atoms. The lowest BCUT2D eigenvalue weighted by molar-refractivity contribution is -0.113. The Balaban J connectivity index is 2.79. The maximum absolute atomic E-state index is 12.9. The SMILES string of the molecule is CC1(C)[C@H](C(=O)Cl)[C@H]1C(Br)C(F)(F)Br. The van der Waals surface area contributed by atoms with E-state index in [9.17, 15) is 13.6 Å². The van der Waals surface area contributed by atoms with Crippen molar-refractivity contribution in [2.75, 3.05) is 0 Å². The first-order chi connectivity index (χ1) is 6.10. The van der Waals surface area contributed by atoms with Crippen LogP contribution in [-0.4, -0.2) is 14.9 Å². The van der Waals surface area contributed by atoms with Crippen molar-refractivity contribution in [2.24, 2.45) is 17.3 Å². The third-order valence-corrected chi connectivity index (χ3v) is 5.27. The molecule has 0 amide bonds. The third-order valence-electron chi connectivity index (χ3n) is 2.78. The topological polar surface area (TPSA) is 17.1 Å². The first-order valence-corrected chi connectivity index (χ1v) is 6.09. The number of hydrogen-bond donors (Lipinski definition) is 0. The van der Waals surface area contributed by atoms with Crippen LogP contribution < -0.4 is 0 Å². The maximum Gasteiger partial charge on any atom is 0.313 e. The minimum absolute atomic E-state index is 0.429. The van der Waals surface area contributed by atoms with E-state index < -0.39 is 32.2 Å². The normalized spacial score (nSPS) is 32.5. The van der Waals surface area contributed by atoms with Crippen molar-refractivity contribution in [3.63, 3.8) is 0 Å². The van der Waals surface area contributed by atoms with E-state index >= 15 is 0 Å². The van der Waals surface area contributed by atoms with Gasteiger partial charge in [-0.15, -0.1) is 0 Å². The monoisotopic (exact) mass is 352 g/mol. The fraction of sp³-hybridized carbons (Fsp3) is 0.875. The molecule has 0 heterocycles. The second kappa shape index (κ2) is 3.67. The fourth-order valence-corrected chi connectivity index (χ4v) is 3.55. The van der Waals surface area contributed by atoms with Crippen molar-refractivity contribution in [2.45, 2.75) is 23.5 Å². The van der Waals surface area contributed by atoms with Crippen molar-refractivity contribution in [1.29, 1.82) is 0 Å². The first kappa shape index (κ1) is 12.8. The smallest absolute Gasteiger partial charge is 0.281 e. The minimum atomic E-state index is -3.02. The lowest BCUT2D eigenvalue weighted by atomic mass is 10.1. The van der Waals surface area contributed by atoms with Crippen LogP contribution in [0.1, 0.15) is 13.8 Å². The lowest BCUT2D eigenvalue weighted by Gasteiger charge is -2.16. The molecule has 0 saturated heterocycles. The Kier molecular flexibility index (Phi) is 3.36. The maximum atomic E-state index is 12.9. The molecule has 1 saturated carbocycles. The Morgan fingerprint density at radius 1 is 1.57 bits per heavy atom. The number of alkyl halides is 4. The summed E-state index contributed by atoms with van der Waals surface area (Å²) < 4.78 is 25.8. The molecule has 1 aliphatic carbocycles. The summed E-state index contributed by atoms with van der Waals surface area (Å²) in [6, 6.07) is 0. The molecule has 0 N–H and O–H groups in total. The van der Waals surface area contributed by atoms with Crippen LogP contribution in [0.25, 0.3) is 0 Å². The molecule has 0 aromatic rings. The summed E-state index contributed by atoms with van der Waals surface area (Å²) in [7, 11) is 0.